The van der Waals surface area contributed by atoms with E-state index >= 15 is 0 Å². The van der Waals surface area contributed by atoms with Crippen molar-refractivity contribution in [3.63, 3.8) is 0 Å². The molecule has 0 aromatic rings. The van der Waals surface area contributed by atoms with Crippen molar-refractivity contribution in [2.75, 3.05) is 0 Å². The van der Waals surface area contributed by atoms with Gasteiger partial charge < -0.3 is 9.11 Å². The van der Waals surface area contributed by atoms with Gasteiger partial charge in [0.1, 0.15) is 0 Å². The molecule has 10 heteroatoms. The Hall–Kier alpha value is 0.706. The first-order chi connectivity index (χ1) is 3.73. The van der Waals surface area contributed by atoms with E-state index in [0.717, 1.165) is 0 Å². The van der Waals surface area contributed by atoms with Gasteiger partial charge in [0.05, 0.1) is 0 Å². The molecule has 0 aromatic heterocycles. The van der Waals surface area contributed by atoms with Gasteiger partial charge in [-0.25, -0.2) is 0 Å². The van der Waals surface area contributed by atoms with Crippen molar-refractivity contribution in [2.45, 2.75) is 0 Å². The van der Waals surface area contributed by atoms with E-state index in [-0.39, 0.29) is 23.1 Å². The molecule has 0 aliphatic heterocycles. The van der Waals surface area contributed by atoms with Gasteiger partial charge in [0.2, 0.25) is 0 Å². The van der Waals surface area contributed by atoms with Crippen molar-refractivity contribution in [3.8, 4) is 0 Å². The second-order valence-corrected chi connectivity index (χ2v) is 1.92. The van der Waals surface area contributed by atoms with Gasteiger partial charge in [0, 0.05) is 10.4 Å². The second kappa shape index (κ2) is 7.81. The molecule has 0 unspecified atom stereocenters. The summed E-state index contributed by atoms with van der Waals surface area (Å²) in [6.45, 7) is 0. The normalized spacial score (nSPS) is 9.30. The zero-order valence-corrected chi connectivity index (χ0v) is 7.51. The summed E-state index contributed by atoms with van der Waals surface area (Å²) in [6, 6.07) is 0. The van der Waals surface area contributed by atoms with Crippen molar-refractivity contribution in [2.24, 2.45) is 0 Å². The molecule has 0 amide bonds. The van der Waals surface area contributed by atoms with Crippen molar-refractivity contribution in [1.82, 2.24) is 0 Å². The van der Waals surface area contributed by atoms with E-state index in [0.29, 0.717) is 0 Å². The molecule has 2 N–H and O–H groups in total. The minimum absolute atomic E-state index is 0. The number of rotatable bonds is 0. The Morgan fingerprint density at radius 2 is 1.20 bits per heavy atom. The Kier molecular flexibility index (Phi) is 13.3. The molecule has 0 aromatic carbocycles. The fourth-order valence-corrected chi connectivity index (χ4v) is 0. The van der Waals surface area contributed by atoms with E-state index in [1.807, 2.05) is 0 Å². The van der Waals surface area contributed by atoms with Gasteiger partial charge in [-0.05, 0) is 0 Å². The minimum atomic E-state index is -5.17. The summed E-state index contributed by atoms with van der Waals surface area (Å²) in [5.41, 5.74) is 0. The molecule has 10 heavy (non-hydrogen) atoms. The maximum absolute atomic E-state index is 8.67. The summed E-state index contributed by atoms with van der Waals surface area (Å²) in [5, 5.41) is 0. The van der Waals surface area contributed by atoms with Gasteiger partial charge in [-0.2, -0.15) is 4.21 Å². The topological polar surface area (TPSA) is 138 Å². The molecule has 0 aliphatic carbocycles. The molecule has 0 aliphatic rings. The Morgan fingerprint density at radius 1 is 1.20 bits per heavy atom. The molecular formula is H2MgO7S2. The molecule has 0 atom stereocenters. The third kappa shape index (κ3) is 1040. The standard InChI is InChI=1S/Mg.H2O4S.H2O3S/c;1-5(2,3)4;1-4(2)3/h;(H2,1,2,3,4);(H2,1,2,3)/q+2;;/p-2. The first kappa shape index (κ1) is 17.0. The van der Waals surface area contributed by atoms with Gasteiger partial charge >= 0.3 is 23.1 Å². The summed E-state index contributed by atoms with van der Waals surface area (Å²) >= 11 is -2.61. The van der Waals surface area contributed by atoms with Crippen LogP contribution in [0.1, 0.15) is 0 Å². The van der Waals surface area contributed by atoms with Gasteiger partial charge in [-0.15, -0.1) is 0 Å². The van der Waals surface area contributed by atoms with Crippen molar-refractivity contribution >= 4 is 44.8 Å². The van der Waals surface area contributed by atoms with Crippen LogP contribution in [0.4, 0.5) is 0 Å². The largest absolute Gasteiger partial charge is 2.00 e. The molecule has 0 fully saturated rings. The number of hydrogen-bond donors (Lipinski definition) is 2. The molecule has 58 valence electrons. The van der Waals surface area contributed by atoms with Crippen LogP contribution in [0, 0.1) is 0 Å². The average Bonchev–Trinajstić information content (AvgIpc) is 1.19. The van der Waals surface area contributed by atoms with Crippen LogP contribution < -0.4 is 0 Å². The molecule has 0 rings (SSSR count). The van der Waals surface area contributed by atoms with Crippen molar-refractivity contribution in [1.29, 1.82) is 0 Å². The molecule has 7 nitrogen and oxygen atoms in total. The van der Waals surface area contributed by atoms with E-state index in [4.69, 9.17) is 30.8 Å². The van der Waals surface area contributed by atoms with Gasteiger partial charge in [-0.1, -0.05) is 0 Å². The van der Waals surface area contributed by atoms with E-state index in [1.165, 1.54) is 0 Å². The van der Waals surface area contributed by atoms with Crippen LogP contribution >= 0.6 is 0 Å². The molecular weight excluding hydrogens is 200 g/mol. The van der Waals surface area contributed by atoms with E-state index in [2.05, 4.69) is 0 Å². The zero-order valence-electron chi connectivity index (χ0n) is 4.46. The van der Waals surface area contributed by atoms with E-state index in [9.17, 15) is 0 Å². The Bertz CT molecular complexity index is 154. The quantitative estimate of drug-likeness (QED) is 0.200. The molecule has 0 heterocycles. The van der Waals surface area contributed by atoms with Gasteiger partial charge in [0.25, 0.3) is 11.4 Å². The summed E-state index contributed by atoms with van der Waals surface area (Å²) in [6.07, 6.45) is 0. The van der Waals surface area contributed by atoms with Crippen LogP contribution in [0.2, 0.25) is 0 Å². The molecule has 0 saturated heterocycles. The van der Waals surface area contributed by atoms with E-state index in [1.54, 1.807) is 0 Å². The fraction of sp³-hybridized carbons (Fsp3) is 0. The van der Waals surface area contributed by atoms with Crippen LogP contribution in [-0.2, 0) is 21.8 Å². The number of hydrogen-bond acceptors (Lipinski definition) is 5. The van der Waals surface area contributed by atoms with Crippen molar-refractivity contribution < 1.29 is 30.8 Å². The maximum atomic E-state index is 8.67. The first-order valence-corrected chi connectivity index (χ1v) is 3.60. The molecule has 0 spiro atoms. The zero-order chi connectivity index (χ0) is 8.08. The minimum Gasteiger partial charge on any atom is -0.759 e. The monoisotopic (exact) mass is 202 g/mol. The third-order valence-electron chi connectivity index (χ3n) is 0. The molecule has 0 bridgehead atoms. The third-order valence-corrected chi connectivity index (χ3v) is 0. The van der Waals surface area contributed by atoms with Crippen LogP contribution in [0.3, 0.4) is 0 Å². The smallest absolute Gasteiger partial charge is 0.759 e. The summed E-state index contributed by atoms with van der Waals surface area (Å²) < 4.78 is 56.9. The first-order valence-electron chi connectivity index (χ1n) is 1.20. The Balaban J connectivity index is -0.0000000910. The van der Waals surface area contributed by atoms with Crippen LogP contribution in [0.15, 0.2) is 0 Å². The maximum Gasteiger partial charge on any atom is 2.00 e. The SMILES string of the molecule is O=S(=O)([O-])[O-].O=S(O)O.[Mg+2]. The Labute approximate surface area is 75.7 Å². The fourth-order valence-electron chi connectivity index (χ4n) is 0. The average molecular weight is 202 g/mol. The summed E-state index contributed by atoms with van der Waals surface area (Å²) in [7, 11) is -5.17. The van der Waals surface area contributed by atoms with E-state index < -0.39 is 21.8 Å². The van der Waals surface area contributed by atoms with Crippen LogP contribution in [-0.4, -0.2) is 53.9 Å². The van der Waals surface area contributed by atoms with Crippen LogP contribution in [0.5, 0.6) is 0 Å². The second-order valence-electron chi connectivity index (χ2n) is 0.639. The molecule has 0 radical (unpaired) electrons. The summed E-state index contributed by atoms with van der Waals surface area (Å²) in [5.74, 6) is 0. The predicted molar refractivity (Wildman–Crippen MR) is 29.6 cm³/mol. The summed E-state index contributed by atoms with van der Waals surface area (Å²) in [4.78, 5) is 0. The van der Waals surface area contributed by atoms with Gasteiger partial charge in [-0.3, -0.25) is 17.5 Å². The van der Waals surface area contributed by atoms with Crippen molar-refractivity contribution in [3.05, 3.63) is 0 Å². The van der Waals surface area contributed by atoms with Crippen LogP contribution in [0.25, 0.3) is 0 Å². The Morgan fingerprint density at radius 3 is 1.20 bits per heavy atom. The van der Waals surface area contributed by atoms with Gasteiger partial charge in [0.15, 0.2) is 0 Å². The predicted octanol–water partition coefficient (Wildman–Crippen LogP) is -2.04. The molecule has 0 saturated carbocycles.